The van der Waals surface area contributed by atoms with Crippen LogP contribution >= 0.6 is 0 Å². The van der Waals surface area contributed by atoms with Gasteiger partial charge in [0.2, 0.25) is 5.78 Å². The molecule has 26 heavy (non-hydrogen) atoms. The quantitative estimate of drug-likeness (QED) is 0.493. The topological polar surface area (TPSA) is 65.7 Å². The highest BCUT2D eigenvalue weighted by atomic mass is 16.5. The van der Waals surface area contributed by atoms with Gasteiger partial charge in [0.05, 0.1) is 19.8 Å². The maximum absolute atomic E-state index is 12.4. The predicted octanol–water partition coefficient (Wildman–Crippen LogP) is 4.11. The van der Waals surface area contributed by atoms with Gasteiger partial charge in [-0.05, 0) is 49.7 Å². The van der Waals surface area contributed by atoms with Gasteiger partial charge in [0.25, 0.3) is 0 Å². The molecule has 0 saturated heterocycles. The second kappa shape index (κ2) is 7.44. The van der Waals surface area contributed by atoms with E-state index < -0.39 is 12.1 Å². The molecule has 2 aromatic carbocycles. The number of esters is 1. The first kappa shape index (κ1) is 17.7. The van der Waals surface area contributed by atoms with E-state index in [9.17, 15) is 9.59 Å². The molecular formula is C21H20O5. The number of methoxy groups -OCH3 is 1. The number of hydrogen-bond donors (Lipinski definition) is 0. The van der Waals surface area contributed by atoms with Crippen LogP contribution in [0.25, 0.3) is 11.0 Å². The molecule has 0 spiro atoms. The summed E-state index contributed by atoms with van der Waals surface area (Å²) in [4.78, 5) is 24.6. The van der Waals surface area contributed by atoms with Crippen molar-refractivity contribution in [2.45, 2.75) is 26.4 Å². The van der Waals surface area contributed by atoms with Gasteiger partial charge in [-0.25, -0.2) is 0 Å². The highest BCUT2D eigenvalue weighted by Gasteiger charge is 2.20. The number of carbonyl (C=O) groups excluding carboxylic acids is 2. The third kappa shape index (κ3) is 3.77. The number of ketones is 1. The van der Waals surface area contributed by atoms with Gasteiger partial charge < -0.3 is 13.9 Å². The lowest BCUT2D eigenvalue weighted by atomic mass is 10.1. The molecule has 5 nitrogen and oxygen atoms in total. The molecule has 1 aromatic heterocycles. The van der Waals surface area contributed by atoms with Crippen LogP contribution in [-0.4, -0.2) is 25.0 Å². The Balaban J connectivity index is 1.65. The zero-order valence-electron chi connectivity index (χ0n) is 14.9. The van der Waals surface area contributed by atoms with E-state index in [0.29, 0.717) is 11.3 Å². The molecule has 0 amide bonds. The van der Waals surface area contributed by atoms with Crippen molar-refractivity contribution in [2.24, 2.45) is 0 Å². The van der Waals surface area contributed by atoms with E-state index in [1.807, 2.05) is 25.1 Å². The molecule has 0 bridgehead atoms. The molecule has 0 aliphatic rings. The van der Waals surface area contributed by atoms with Gasteiger partial charge in [-0.1, -0.05) is 12.1 Å². The molecule has 0 N–H and O–H groups in total. The van der Waals surface area contributed by atoms with Crippen LogP contribution in [0, 0.1) is 6.92 Å². The standard InChI is InChI=1S/C21H20O5/c1-13-4-9-18-16(12-25-19(18)10-13)11-20(22)26-14(2)21(23)15-5-7-17(24-3)8-6-15/h4-10,12,14H,11H2,1-3H3/t14-/m0/s1. The van der Waals surface area contributed by atoms with Gasteiger partial charge in [0.15, 0.2) is 6.10 Å². The summed E-state index contributed by atoms with van der Waals surface area (Å²) < 4.78 is 15.9. The Hall–Kier alpha value is -3.08. The largest absolute Gasteiger partial charge is 0.497 e. The Morgan fingerprint density at radius 2 is 1.85 bits per heavy atom. The summed E-state index contributed by atoms with van der Waals surface area (Å²) in [7, 11) is 1.56. The van der Waals surface area contributed by atoms with Gasteiger partial charge >= 0.3 is 5.97 Å². The SMILES string of the molecule is COc1ccc(C(=O)[C@H](C)OC(=O)Cc2coc3cc(C)ccc23)cc1. The van der Waals surface area contributed by atoms with Crippen molar-refractivity contribution < 1.29 is 23.5 Å². The minimum atomic E-state index is -0.865. The fourth-order valence-electron chi connectivity index (χ4n) is 2.77. The highest BCUT2D eigenvalue weighted by Crippen LogP contribution is 2.23. The molecule has 5 heteroatoms. The highest BCUT2D eigenvalue weighted by molar-refractivity contribution is 6.00. The van der Waals surface area contributed by atoms with Gasteiger partial charge in [0.1, 0.15) is 11.3 Å². The molecule has 0 aliphatic heterocycles. The average molecular weight is 352 g/mol. The molecule has 1 atom stereocenters. The monoisotopic (exact) mass is 352 g/mol. The van der Waals surface area contributed by atoms with Crippen molar-refractivity contribution in [1.82, 2.24) is 0 Å². The summed E-state index contributed by atoms with van der Waals surface area (Å²) in [6.45, 7) is 3.55. The second-order valence-corrected chi connectivity index (χ2v) is 6.16. The van der Waals surface area contributed by atoms with Crippen LogP contribution in [0.3, 0.4) is 0 Å². The first-order valence-electron chi connectivity index (χ1n) is 8.32. The summed E-state index contributed by atoms with van der Waals surface area (Å²) >= 11 is 0. The molecule has 3 rings (SSSR count). The zero-order valence-corrected chi connectivity index (χ0v) is 14.9. The number of ether oxygens (including phenoxy) is 2. The van der Waals surface area contributed by atoms with Gasteiger partial charge in [0, 0.05) is 16.5 Å². The number of fused-ring (bicyclic) bond motifs is 1. The smallest absolute Gasteiger partial charge is 0.311 e. The Kier molecular flexibility index (Phi) is 5.07. The van der Waals surface area contributed by atoms with E-state index in [4.69, 9.17) is 13.9 Å². The van der Waals surface area contributed by atoms with Crippen LogP contribution < -0.4 is 4.74 Å². The lowest BCUT2D eigenvalue weighted by molar-refractivity contribution is -0.145. The van der Waals surface area contributed by atoms with Crippen LogP contribution in [0.15, 0.2) is 53.1 Å². The first-order valence-corrected chi connectivity index (χ1v) is 8.32. The lowest BCUT2D eigenvalue weighted by Gasteiger charge is -2.12. The second-order valence-electron chi connectivity index (χ2n) is 6.16. The van der Waals surface area contributed by atoms with Crippen LogP contribution in [0.5, 0.6) is 5.75 Å². The molecule has 0 radical (unpaired) electrons. The van der Waals surface area contributed by atoms with Crippen molar-refractivity contribution in [2.75, 3.05) is 7.11 Å². The number of benzene rings is 2. The van der Waals surface area contributed by atoms with Gasteiger partial charge in [-0.15, -0.1) is 0 Å². The third-order valence-corrected chi connectivity index (χ3v) is 4.20. The van der Waals surface area contributed by atoms with E-state index >= 15 is 0 Å². The van der Waals surface area contributed by atoms with E-state index in [-0.39, 0.29) is 12.2 Å². The van der Waals surface area contributed by atoms with Crippen molar-refractivity contribution in [3.8, 4) is 5.75 Å². The molecule has 0 fully saturated rings. The summed E-state index contributed by atoms with van der Waals surface area (Å²) in [6.07, 6.45) is 0.744. The number of hydrogen-bond acceptors (Lipinski definition) is 5. The predicted molar refractivity (Wildman–Crippen MR) is 97.5 cm³/mol. The molecule has 0 aliphatic carbocycles. The number of aryl methyl sites for hydroxylation is 1. The molecule has 3 aromatic rings. The molecule has 1 heterocycles. The van der Waals surface area contributed by atoms with Crippen LogP contribution in [0.4, 0.5) is 0 Å². The van der Waals surface area contributed by atoms with Crippen molar-refractivity contribution in [1.29, 1.82) is 0 Å². The number of carbonyl (C=O) groups is 2. The Labute approximate surface area is 151 Å². The van der Waals surface area contributed by atoms with Crippen LogP contribution in [0.1, 0.15) is 28.4 Å². The average Bonchev–Trinajstić information content (AvgIpc) is 3.02. The van der Waals surface area contributed by atoms with Crippen molar-refractivity contribution >= 4 is 22.7 Å². The molecular weight excluding hydrogens is 332 g/mol. The maximum Gasteiger partial charge on any atom is 0.311 e. The molecule has 134 valence electrons. The summed E-state index contributed by atoms with van der Waals surface area (Å²) in [6, 6.07) is 12.5. The number of furan rings is 1. The van der Waals surface area contributed by atoms with Crippen molar-refractivity contribution in [3.05, 3.63) is 65.4 Å². The minimum Gasteiger partial charge on any atom is -0.497 e. The third-order valence-electron chi connectivity index (χ3n) is 4.20. The van der Waals surface area contributed by atoms with E-state index in [1.165, 1.54) is 0 Å². The Morgan fingerprint density at radius 1 is 1.12 bits per heavy atom. The van der Waals surface area contributed by atoms with Crippen LogP contribution in [0.2, 0.25) is 0 Å². The fourth-order valence-corrected chi connectivity index (χ4v) is 2.77. The van der Waals surface area contributed by atoms with E-state index in [0.717, 1.165) is 22.1 Å². The molecule has 0 unspecified atom stereocenters. The Bertz CT molecular complexity index is 937. The van der Waals surface area contributed by atoms with E-state index in [1.54, 1.807) is 44.6 Å². The minimum absolute atomic E-state index is 0.0519. The lowest BCUT2D eigenvalue weighted by Crippen LogP contribution is -2.25. The summed E-state index contributed by atoms with van der Waals surface area (Å²) in [5.41, 5.74) is 3.03. The number of Topliss-reactive ketones (excluding diaryl/α,β-unsaturated/α-hetero) is 1. The Morgan fingerprint density at radius 3 is 2.54 bits per heavy atom. The normalized spacial score (nSPS) is 12.0. The van der Waals surface area contributed by atoms with Crippen molar-refractivity contribution in [3.63, 3.8) is 0 Å². The van der Waals surface area contributed by atoms with Gasteiger partial charge in [-0.2, -0.15) is 0 Å². The fraction of sp³-hybridized carbons (Fsp3) is 0.238. The zero-order chi connectivity index (χ0) is 18.7. The first-order chi connectivity index (χ1) is 12.5. The van der Waals surface area contributed by atoms with Gasteiger partial charge in [-0.3, -0.25) is 9.59 Å². The maximum atomic E-state index is 12.4. The summed E-state index contributed by atoms with van der Waals surface area (Å²) in [5.74, 6) is -0.0652. The molecule has 0 saturated carbocycles. The summed E-state index contributed by atoms with van der Waals surface area (Å²) in [5, 5.41) is 0.877. The van der Waals surface area contributed by atoms with E-state index in [2.05, 4.69) is 0 Å². The number of rotatable bonds is 6. The van der Waals surface area contributed by atoms with Crippen LogP contribution in [-0.2, 0) is 16.0 Å².